The van der Waals surface area contributed by atoms with E-state index in [1.807, 2.05) is 6.07 Å². The van der Waals surface area contributed by atoms with Gasteiger partial charge in [0.05, 0.1) is 0 Å². The van der Waals surface area contributed by atoms with Crippen molar-refractivity contribution in [3.63, 3.8) is 0 Å². The number of amides is 1. The van der Waals surface area contributed by atoms with E-state index in [-0.39, 0.29) is 11.9 Å². The van der Waals surface area contributed by atoms with E-state index >= 15 is 0 Å². The molecule has 1 aliphatic heterocycles. The molecule has 96 valence electrons. The van der Waals surface area contributed by atoms with E-state index in [1.165, 1.54) is 12.8 Å². The van der Waals surface area contributed by atoms with Crippen molar-refractivity contribution in [3.05, 3.63) is 34.9 Å². The number of aryl methyl sites for hydroxylation is 1. The predicted molar refractivity (Wildman–Crippen MR) is 71.4 cm³/mol. The second-order valence-electron chi connectivity index (χ2n) is 5.56. The monoisotopic (exact) mass is 244 g/mol. The Bertz CT molecular complexity index is 466. The highest BCUT2D eigenvalue weighted by Gasteiger charge is 2.25. The van der Waals surface area contributed by atoms with Gasteiger partial charge in [0.2, 0.25) is 0 Å². The SMILES string of the molecule is NC(CC1CC1)c1ccc2c(c1)C(=O)NCCC2. The summed E-state index contributed by atoms with van der Waals surface area (Å²) in [6.45, 7) is 0.775. The smallest absolute Gasteiger partial charge is 0.251 e. The van der Waals surface area contributed by atoms with Crippen molar-refractivity contribution in [2.24, 2.45) is 11.7 Å². The predicted octanol–water partition coefficient (Wildman–Crippen LogP) is 2.16. The second-order valence-corrected chi connectivity index (χ2v) is 5.56. The van der Waals surface area contributed by atoms with Crippen LogP contribution in [0.15, 0.2) is 18.2 Å². The van der Waals surface area contributed by atoms with Gasteiger partial charge in [-0.1, -0.05) is 25.0 Å². The third kappa shape index (κ3) is 2.41. The zero-order valence-corrected chi connectivity index (χ0v) is 10.6. The van der Waals surface area contributed by atoms with Crippen molar-refractivity contribution in [3.8, 4) is 0 Å². The number of rotatable bonds is 3. The molecule has 2 aliphatic rings. The van der Waals surface area contributed by atoms with Crippen molar-refractivity contribution >= 4 is 5.91 Å². The fourth-order valence-corrected chi connectivity index (χ4v) is 2.68. The lowest BCUT2D eigenvalue weighted by molar-refractivity contribution is 0.0956. The van der Waals surface area contributed by atoms with Gasteiger partial charge in [-0.25, -0.2) is 0 Å². The zero-order chi connectivity index (χ0) is 12.5. The third-order valence-electron chi connectivity index (χ3n) is 4.00. The molecule has 1 heterocycles. The zero-order valence-electron chi connectivity index (χ0n) is 10.6. The molecular formula is C15H20N2O. The molecule has 1 amide bonds. The number of hydrogen-bond donors (Lipinski definition) is 2. The summed E-state index contributed by atoms with van der Waals surface area (Å²) in [6.07, 6.45) is 5.69. The molecular weight excluding hydrogens is 224 g/mol. The Morgan fingerprint density at radius 2 is 2.22 bits per heavy atom. The molecule has 1 aromatic carbocycles. The van der Waals surface area contributed by atoms with Crippen molar-refractivity contribution in [1.29, 1.82) is 0 Å². The molecule has 1 fully saturated rings. The van der Waals surface area contributed by atoms with Gasteiger partial charge < -0.3 is 11.1 Å². The molecule has 0 radical (unpaired) electrons. The van der Waals surface area contributed by atoms with Crippen LogP contribution in [0.3, 0.4) is 0 Å². The Hall–Kier alpha value is -1.35. The molecule has 1 aliphatic carbocycles. The minimum atomic E-state index is 0.0583. The fourth-order valence-electron chi connectivity index (χ4n) is 2.68. The Morgan fingerprint density at radius 3 is 3.00 bits per heavy atom. The molecule has 1 saturated carbocycles. The summed E-state index contributed by atoms with van der Waals surface area (Å²) in [7, 11) is 0. The topological polar surface area (TPSA) is 55.1 Å². The van der Waals surface area contributed by atoms with Gasteiger partial charge in [0.1, 0.15) is 0 Å². The number of fused-ring (bicyclic) bond motifs is 1. The fraction of sp³-hybridized carbons (Fsp3) is 0.533. The maximum absolute atomic E-state index is 12.0. The average Bonchev–Trinajstić information content (AvgIpc) is 3.18. The van der Waals surface area contributed by atoms with Gasteiger partial charge in [0, 0.05) is 18.2 Å². The number of carbonyl (C=O) groups is 1. The highest BCUT2D eigenvalue weighted by molar-refractivity contribution is 5.96. The number of nitrogens with two attached hydrogens (primary N) is 1. The molecule has 0 bridgehead atoms. The van der Waals surface area contributed by atoms with E-state index in [2.05, 4.69) is 17.4 Å². The Morgan fingerprint density at radius 1 is 1.39 bits per heavy atom. The summed E-state index contributed by atoms with van der Waals surface area (Å²) in [5, 5.41) is 2.94. The summed E-state index contributed by atoms with van der Waals surface area (Å²) < 4.78 is 0. The molecule has 1 atom stereocenters. The van der Waals surface area contributed by atoms with Crippen LogP contribution in [0.1, 0.15) is 53.2 Å². The number of carbonyl (C=O) groups excluding carboxylic acids is 1. The van der Waals surface area contributed by atoms with E-state index < -0.39 is 0 Å². The lowest BCUT2D eigenvalue weighted by Gasteiger charge is -2.14. The van der Waals surface area contributed by atoms with Crippen molar-refractivity contribution in [2.75, 3.05) is 6.54 Å². The van der Waals surface area contributed by atoms with Crippen molar-refractivity contribution in [2.45, 2.75) is 38.1 Å². The molecule has 0 spiro atoms. The van der Waals surface area contributed by atoms with Crippen LogP contribution in [0.25, 0.3) is 0 Å². The molecule has 3 N–H and O–H groups in total. The first-order valence-corrected chi connectivity index (χ1v) is 6.90. The molecule has 3 rings (SSSR count). The van der Waals surface area contributed by atoms with Gasteiger partial charge in [0.15, 0.2) is 0 Å². The summed E-state index contributed by atoms with van der Waals surface area (Å²) >= 11 is 0. The van der Waals surface area contributed by atoms with Crippen LogP contribution < -0.4 is 11.1 Å². The van der Waals surface area contributed by atoms with Gasteiger partial charge in [-0.15, -0.1) is 0 Å². The largest absolute Gasteiger partial charge is 0.352 e. The molecule has 18 heavy (non-hydrogen) atoms. The van der Waals surface area contributed by atoms with Crippen LogP contribution in [0.5, 0.6) is 0 Å². The first-order valence-electron chi connectivity index (χ1n) is 6.90. The molecule has 3 heteroatoms. The summed E-state index contributed by atoms with van der Waals surface area (Å²) in [5.74, 6) is 0.871. The van der Waals surface area contributed by atoms with Gasteiger partial charge >= 0.3 is 0 Å². The average molecular weight is 244 g/mol. The number of hydrogen-bond acceptors (Lipinski definition) is 2. The van der Waals surface area contributed by atoms with Gasteiger partial charge in [-0.2, -0.15) is 0 Å². The van der Waals surface area contributed by atoms with E-state index in [0.717, 1.165) is 48.4 Å². The first kappa shape index (κ1) is 11.7. The standard InChI is InChI=1S/C15H20N2O/c16-14(8-10-3-4-10)12-6-5-11-2-1-7-17-15(18)13(11)9-12/h5-6,9-10,14H,1-4,7-8,16H2,(H,17,18). The van der Waals surface area contributed by atoms with Gasteiger partial charge in [-0.3, -0.25) is 4.79 Å². The van der Waals surface area contributed by atoms with E-state index in [0.29, 0.717) is 0 Å². The highest BCUT2D eigenvalue weighted by Crippen LogP contribution is 2.37. The highest BCUT2D eigenvalue weighted by atomic mass is 16.1. The maximum atomic E-state index is 12.0. The number of nitrogens with one attached hydrogen (secondary N) is 1. The van der Waals surface area contributed by atoms with Gasteiger partial charge in [-0.05, 0) is 42.4 Å². The molecule has 3 nitrogen and oxygen atoms in total. The van der Waals surface area contributed by atoms with Crippen LogP contribution in [0.2, 0.25) is 0 Å². The quantitative estimate of drug-likeness (QED) is 0.856. The van der Waals surface area contributed by atoms with Gasteiger partial charge in [0.25, 0.3) is 5.91 Å². The van der Waals surface area contributed by atoms with Crippen LogP contribution in [0.4, 0.5) is 0 Å². The second kappa shape index (κ2) is 4.73. The Kier molecular flexibility index (Phi) is 3.08. The molecule has 0 saturated heterocycles. The Labute approximate surface area is 108 Å². The summed E-state index contributed by atoms with van der Waals surface area (Å²) in [5.41, 5.74) is 9.32. The van der Waals surface area contributed by atoms with Crippen molar-refractivity contribution in [1.82, 2.24) is 5.32 Å². The first-order chi connectivity index (χ1) is 8.74. The number of benzene rings is 1. The Balaban J connectivity index is 1.85. The van der Waals surface area contributed by atoms with E-state index in [9.17, 15) is 4.79 Å². The molecule has 0 aromatic heterocycles. The van der Waals surface area contributed by atoms with Crippen molar-refractivity contribution < 1.29 is 4.79 Å². The van der Waals surface area contributed by atoms with Crippen LogP contribution in [0, 0.1) is 5.92 Å². The minimum Gasteiger partial charge on any atom is -0.352 e. The lowest BCUT2D eigenvalue weighted by Crippen LogP contribution is -2.23. The maximum Gasteiger partial charge on any atom is 0.251 e. The summed E-state index contributed by atoms with van der Waals surface area (Å²) in [4.78, 5) is 12.0. The minimum absolute atomic E-state index is 0.0583. The van der Waals surface area contributed by atoms with Crippen LogP contribution in [-0.4, -0.2) is 12.5 Å². The van der Waals surface area contributed by atoms with Crippen LogP contribution >= 0.6 is 0 Å². The third-order valence-corrected chi connectivity index (χ3v) is 4.00. The van der Waals surface area contributed by atoms with E-state index in [1.54, 1.807) is 0 Å². The molecule has 1 unspecified atom stereocenters. The van der Waals surface area contributed by atoms with Crippen LogP contribution in [-0.2, 0) is 6.42 Å². The summed E-state index contributed by atoms with van der Waals surface area (Å²) in [6, 6.07) is 6.27. The normalized spacial score (nSPS) is 20.8. The lowest BCUT2D eigenvalue weighted by atomic mass is 9.95. The molecule has 1 aromatic rings. The van der Waals surface area contributed by atoms with E-state index in [4.69, 9.17) is 5.73 Å².